The van der Waals surface area contributed by atoms with Crippen molar-refractivity contribution in [2.45, 2.75) is 38.6 Å². The first-order valence-corrected chi connectivity index (χ1v) is 8.57. The maximum absolute atomic E-state index is 11.7. The average Bonchev–Trinajstić information content (AvgIpc) is 2.54. The lowest BCUT2D eigenvalue weighted by Gasteiger charge is -2.30. The van der Waals surface area contributed by atoms with E-state index in [2.05, 4.69) is 23.1 Å². The average molecular weight is 356 g/mol. The van der Waals surface area contributed by atoms with Crippen molar-refractivity contribution < 1.29 is 9.53 Å². The summed E-state index contributed by atoms with van der Waals surface area (Å²) in [5.74, 6) is 0.870. The number of hydrogen-bond donors (Lipinski definition) is 3. The maximum Gasteiger partial charge on any atom is 0.276 e. The maximum atomic E-state index is 11.7. The number of hydrogen-bond acceptors (Lipinski definition) is 3. The first kappa shape index (κ1) is 17.8. The Morgan fingerprint density at radius 1 is 1.26 bits per heavy atom. The van der Waals surface area contributed by atoms with E-state index < -0.39 is 0 Å². The number of hydrazine groups is 1. The highest BCUT2D eigenvalue weighted by Crippen LogP contribution is 2.23. The van der Waals surface area contributed by atoms with E-state index in [0.717, 1.165) is 6.42 Å². The summed E-state index contributed by atoms with van der Waals surface area (Å²) in [5.41, 5.74) is 5.24. The second kappa shape index (κ2) is 8.93. The van der Waals surface area contributed by atoms with E-state index in [0.29, 0.717) is 27.8 Å². The van der Waals surface area contributed by atoms with Crippen LogP contribution in [0.4, 0.5) is 0 Å². The minimum Gasteiger partial charge on any atom is -0.484 e. The fraction of sp³-hybridized carbons (Fsp3) is 0.500. The second-order valence-corrected chi connectivity index (χ2v) is 6.60. The molecule has 0 unspecified atom stereocenters. The van der Waals surface area contributed by atoms with Crippen LogP contribution in [0.3, 0.4) is 0 Å². The number of amides is 1. The number of nitrogens with one attached hydrogen (secondary N) is 3. The first-order chi connectivity index (χ1) is 11.0. The summed E-state index contributed by atoms with van der Waals surface area (Å²) < 4.78 is 5.35. The molecule has 1 saturated carbocycles. The molecule has 1 amide bonds. The zero-order chi connectivity index (χ0) is 16.7. The summed E-state index contributed by atoms with van der Waals surface area (Å²) in [6.07, 6.45) is 4.81. The topological polar surface area (TPSA) is 62.4 Å². The van der Waals surface area contributed by atoms with Gasteiger partial charge in [0, 0.05) is 11.1 Å². The molecule has 5 nitrogen and oxygen atoms in total. The predicted molar refractivity (Wildman–Crippen MR) is 95.4 cm³/mol. The molecule has 0 saturated heterocycles. The van der Waals surface area contributed by atoms with Crippen molar-refractivity contribution >= 4 is 34.8 Å². The van der Waals surface area contributed by atoms with Crippen LogP contribution in [0, 0.1) is 5.92 Å². The van der Waals surface area contributed by atoms with Crippen molar-refractivity contribution in [1.82, 2.24) is 16.2 Å². The number of ether oxygens (including phenoxy) is 1. The zero-order valence-electron chi connectivity index (χ0n) is 13.1. The molecule has 2 atom stereocenters. The van der Waals surface area contributed by atoms with Crippen LogP contribution >= 0.6 is 23.8 Å². The largest absolute Gasteiger partial charge is 0.484 e. The molecule has 0 spiro atoms. The van der Waals surface area contributed by atoms with Crippen LogP contribution in [-0.2, 0) is 4.79 Å². The minimum absolute atomic E-state index is 0.100. The van der Waals surface area contributed by atoms with Crippen LogP contribution in [0.5, 0.6) is 5.75 Å². The summed E-state index contributed by atoms with van der Waals surface area (Å²) in [7, 11) is 0. The van der Waals surface area contributed by atoms with E-state index in [4.69, 9.17) is 28.6 Å². The van der Waals surface area contributed by atoms with Crippen molar-refractivity contribution in [3.63, 3.8) is 0 Å². The lowest BCUT2D eigenvalue weighted by atomic mass is 9.86. The fourth-order valence-electron chi connectivity index (χ4n) is 2.58. The normalized spacial score (nSPS) is 20.4. The third-order valence-electron chi connectivity index (χ3n) is 3.93. The van der Waals surface area contributed by atoms with Gasteiger partial charge in [-0.05, 0) is 55.2 Å². The van der Waals surface area contributed by atoms with Gasteiger partial charge in [-0.15, -0.1) is 0 Å². The standard InChI is InChI=1S/C16H22ClN3O2S/c1-11-4-2-3-5-14(11)18-16(23)20-19-15(21)10-22-13-8-6-12(17)7-9-13/h6-9,11,14H,2-5,10H2,1H3,(H,19,21)(H2,18,20,23)/t11-,14-/m0/s1. The number of thiocarbonyl (C=S) groups is 1. The summed E-state index contributed by atoms with van der Waals surface area (Å²) in [6.45, 7) is 2.12. The molecule has 1 aromatic carbocycles. The molecular formula is C16H22ClN3O2S. The molecule has 1 aliphatic carbocycles. The summed E-state index contributed by atoms with van der Waals surface area (Å²) in [4.78, 5) is 11.7. The third kappa shape index (κ3) is 6.23. The summed E-state index contributed by atoms with van der Waals surface area (Å²) in [6, 6.07) is 7.19. The Labute approximate surface area is 147 Å². The molecule has 7 heteroatoms. The van der Waals surface area contributed by atoms with Gasteiger partial charge in [-0.1, -0.05) is 31.4 Å². The van der Waals surface area contributed by atoms with Gasteiger partial charge in [0.15, 0.2) is 11.7 Å². The predicted octanol–water partition coefficient (Wildman–Crippen LogP) is 2.79. The molecule has 0 heterocycles. The summed E-state index contributed by atoms with van der Waals surface area (Å²) in [5, 5.41) is 4.31. The van der Waals surface area contributed by atoms with Gasteiger partial charge in [-0.3, -0.25) is 15.6 Å². The quantitative estimate of drug-likeness (QED) is 0.572. The van der Waals surface area contributed by atoms with E-state index in [1.807, 2.05) is 0 Å². The molecule has 3 N–H and O–H groups in total. The Morgan fingerprint density at radius 3 is 2.65 bits per heavy atom. The van der Waals surface area contributed by atoms with Gasteiger partial charge in [-0.25, -0.2) is 0 Å². The molecule has 0 aromatic heterocycles. The van der Waals surface area contributed by atoms with E-state index in [-0.39, 0.29) is 12.5 Å². The first-order valence-electron chi connectivity index (χ1n) is 7.78. The monoisotopic (exact) mass is 355 g/mol. The zero-order valence-corrected chi connectivity index (χ0v) is 14.7. The Balaban J connectivity index is 1.65. The molecule has 1 fully saturated rings. The van der Waals surface area contributed by atoms with E-state index in [1.165, 1.54) is 19.3 Å². The van der Waals surface area contributed by atoms with Crippen LogP contribution in [0.15, 0.2) is 24.3 Å². The van der Waals surface area contributed by atoms with Crippen LogP contribution in [0.2, 0.25) is 5.02 Å². The molecule has 0 radical (unpaired) electrons. The number of carbonyl (C=O) groups is 1. The minimum atomic E-state index is -0.305. The molecular weight excluding hydrogens is 334 g/mol. The van der Waals surface area contributed by atoms with Crippen molar-refractivity contribution in [1.29, 1.82) is 0 Å². The number of benzene rings is 1. The molecule has 23 heavy (non-hydrogen) atoms. The van der Waals surface area contributed by atoms with Crippen molar-refractivity contribution in [3.05, 3.63) is 29.3 Å². The SMILES string of the molecule is C[C@H]1CCCC[C@@H]1NC(=S)NNC(=O)COc1ccc(Cl)cc1. The molecule has 2 rings (SSSR count). The lowest BCUT2D eigenvalue weighted by molar-refractivity contribution is -0.123. The van der Waals surface area contributed by atoms with Crippen LogP contribution in [0.1, 0.15) is 32.6 Å². The summed E-state index contributed by atoms with van der Waals surface area (Å²) >= 11 is 11.0. The number of halogens is 1. The van der Waals surface area contributed by atoms with Gasteiger partial charge in [0.1, 0.15) is 5.75 Å². The highest BCUT2D eigenvalue weighted by Gasteiger charge is 2.21. The van der Waals surface area contributed by atoms with Crippen LogP contribution in [-0.4, -0.2) is 23.7 Å². The van der Waals surface area contributed by atoms with Gasteiger partial charge < -0.3 is 10.1 Å². The molecule has 0 bridgehead atoms. The molecule has 126 valence electrons. The number of rotatable bonds is 4. The number of carbonyl (C=O) groups excluding carboxylic acids is 1. The van der Waals surface area contributed by atoms with Crippen molar-refractivity contribution in [3.8, 4) is 5.75 Å². The van der Waals surface area contributed by atoms with Gasteiger partial charge in [0.25, 0.3) is 5.91 Å². The highest BCUT2D eigenvalue weighted by atomic mass is 35.5. The lowest BCUT2D eigenvalue weighted by Crippen LogP contribution is -2.52. The molecule has 1 aliphatic rings. The Morgan fingerprint density at radius 2 is 1.96 bits per heavy atom. The Hall–Kier alpha value is -1.53. The van der Waals surface area contributed by atoms with Crippen molar-refractivity contribution in [2.75, 3.05) is 6.61 Å². The fourth-order valence-corrected chi connectivity index (χ4v) is 2.91. The van der Waals surface area contributed by atoms with E-state index in [9.17, 15) is 4.79 Å². The highest BCUT2D eigenvalue weighted by molar-refractivity contribution is 7.80. The smallest absolute Gasteiger partial charge is 0.276 e. The van der Waals surface area contributed by atoms with E-state index >= 15 is 0 Å². The van der Waals surface area contributed by atoms with Crippen LogP contribution < -0.4 is 20.9 Å². The van der Waals surface area contributed by atoms with Gasteiger partial charge >= 0.3 is 0 Å². The van der Waals surface area contributed by atoms with Crippen molar-refractivity contribution in [2.24, 2.45) is 5.92 Å². The van der Waals surface area contributed by atoms with Gasteiger partial charge in [0.05, 0.1) is 0 Å². The van der Waals surface area contributed by atoms with Gasteiger partial charge in [0.2, 0.25) is 0 Å². The Bertz CT molecular complexity index is 539. The molecule has 1 aromatic rings. The third-order valence-corrected chi connectivity index (χ3v) is 4.40. The molecule has 0 aliphatic heterocycles. The second-order valence-electron chi connectivity index (χ2n) is 5.76. The van der Waals surface area contributed by atoms with Gasteiger partial charge in [-0.2, -0.15) is 0 Å². The van der Waals surface area contributed by atoms with E-state index in [1.54, 1.807) is 24.3 Å². The van der Waals surface area contributed by atoms with Crippen LogP contribution in [0.25, 0.3) is 0 Å². The Kier molecular flexibility index (Phi) is 6.92.